The summed E-state index contributed by atoms with van der Waals surface area (Å²) in [5.41, 5.74) is 1.94. The first-order valence-corrected chi connectivity index (χ1v) is 11.2. The number of carbonyl (C=O) groups is 1. The molecule has 0 aromatic carbocycles. The number of aryl methyl sites for hydroxylation is 3. The fourth-order valence-electron chi connectivity index (χ4n) is 3.57. The van der Waals surface area contributed by atoms with Crippen molar-refractivity contribution in [3.63, 3.8) is 0 Å². The van der Waals surface area contributed by atoms with Gasteiger partial charge in [0.1, 0.15) is 28.2 Å². The Morgan fingerprint density at radius 1 is 1.13 bits per heavy atom. The van der Waals surface area contributed by atoms with E-state index < -0.39 is 0 Å². The molecule has 31 heavy (non-hydrogen) atoms. The van der Waals surface area contributed by atoms with Crippen LogP contribution in [0.5, 0.6) is 0 Å². The van der Waals surface area contributed by atoms with E-state index in [1.54, 1.807) is 6.20 Å². The van der Waals surface area contributed by atoms with Gasteiger partial charge in [-0.2, -0.15) is 0 Å². The van der Waals surface area contributed by atoms with Gasteiger partial charge in [-0.1, -0.05) is 17.8 Å². The molecule has 10 heteroatoms. The smallest absolute Gasteiger partial charge is 0.267 e. The molecular weight excluding hydrogens is 412 g/mol. The lowest BCUT2D eigenvalue weighted by Gasteiger charge is -2.35. The van der Waals surface area contributed by atoms with E-state index in [0.717, 1.165) is 35.7 Å². The van der Waals surface area contributed by atoms with E-state index in [0.29, 0.717) is 42.7 Å². The van der Waals surface area contributed by atoms with Crippen LogP contribution in [0.4, 0.5) is 17.5 Å². The summed E-state index contributed by atoms with van der Waals surface area (Å²) in [4.78, 5) is 31.1. The third-order valence-corrected chi connectivity index (χ3v) is 5.88. The Balaban J connectivity index is 1.43. The van der Waals surface area contributed by atoms with E-state index >= 15 is 0 Å². The maximum atomic E-state index is 12.9. The SMILES string of the molecule is CCCc1nnsc1C(=O)N1CCN(c2cc(Nc3cc(C)ccn3)nc(C)n2)CC1. The lowest BCUT2D eigenvalue weighted by atomic mass is 10.2. The first-order valence-electron chi connectivity index (χ1n) is 10.4. The van der Waals surface area contributed by atoms with Crippen molar-refractivity contribution in [2.75, 3.05) is 36.4 Å². The number of hydrogen-bond donors (Lipinski definition) is 1. The van der Waals surface area contributed by atoms with Crippen LogP contribution in [0, 0.1) is 13.8 Å². The zero-order valence-corrected chi connectivity index (χ0v) is 18.8. The number of amides is 1. The van der Waals surface area contributed by atoms with Gasteiger partial charge in [-0.3, -0.25) is 4.79 Å². The molecule has 0 atom stereocenters. The van der Waals surface area contributed by atoms with Crippen LogP contribution in [0.3, 0.4) is 0 Å². The van der Waals surface area contributed by atoms with Gasteiger partial charge in [0.05, 0.1) is 5.69 Å². The highest BCUT2D eigenvalue weighted by molar-refractivity contribution is 7.08. The Morgan fingerprint density at radius 2 is 1.94 bits per heavy atom. The van der Waals surface area contributed by atoms with Crippen LogP contribution in [-0.2, 0) is 6.42 Å². The molecule has 1 aliphatic rings. The topological polar surface area (TPSA) is 100 Å². The highest BCUT2D eigenvalue weighted by Crippen LogP contribution is 2.22. The molecule has 162 valence electrons. The van der Waals surface area contributed by atoms with Gasteiger partial charge in [-0.25, -0.2) is 15.0 Å². The number of piperazine rings is 1. The zero-order chi connectivity index (χ0) is 21.8. The largest absolute Gasteiger partial charge is 0.353 e. The average molecular weight is 439 g/mol. The van der Waals surface area contributed by atoms with Crippen LogP contribution < -0.4 is 10.2 Å². The van der Waals surface area contributed by atoms with Gasteiger partial charge in [0.15, 0.2) is 0 Å². The van der Waals surface area contributed by atoms with Gasteiger partial charge in [0.2, 0.25) is 0 Å². The van der Waals surface area contributed by atoms with E-state index in [1.165, 1.54) is 11.5 Å². The minimum atomic E-state index is 0.0323. The van der Waals surface area contributed by atoms with Crippen LogP contribution in [0.1, 0.15) is 40.1 Å². The van der Waals surface area contributed by atoms with Crippen molar-refractivity contribution in [3.8, 4) is 0 Å². The summed E-state index contributed by atoms with van der Waals surface area (Å²) in [5.74, 6) is 3.02. The molecule has 1 amide bonds. The van der Waals surface area contributed by atoms with Crippen LogP contribution >= 0.6 is 11.5 Å². The highest BCUT2D eigenvalue weighted by atomic mass is 32.1. The lowest BCUT2D eigenvalue weighted by molar-refractivity contribution is 0.0750. The fourth-order valence-corrected chi connectivity index (χ4v) is 4.24. The molecule has 1 N–H and O–H groups in total. The van der Waals surface area contributed by atoms with Gasteiger partial charge in [-0.05, 0) is 49.5 Å². The molecule has 4 rings (SSSR count). The summed E-state index contributed by atoms with van der Waals surface area (Å²) in [7, 11) is 0. The maximum absolute atomic E-state index is 12.9. The molecule has 0 spiro atoms. The molecule has 0 radical (unpaired) electrons. The van der Waals surface area contributed by atoms with E-state index in [2.05, 4.69) is 41.7 Å². The minimum absolute atomic E-state index is 0.0323. The van der Waals surface area contributed by atoms with E-state index in [1.807, 2.05) is 36.9 Å². The van der Waals surface area contributed by atoms with Gasteiger partial charge in [0.25, 0.3) is 5.91 Å². The molecule has 9 nitrogen and oxygen atoms in total. The number of rotatable bonds is 6. The molecule has 3 aromatic rings. The van der Waals surface area contributed by atoms with Gasteiger partial charge < -0.3 is 15.1 Å². The Kier molecular flexibility index (Phi) is 6.36. The summed E-state index contributed by atoms with van der Waals surface area (Å²) in [5, 5.41) is 7.39. The summed E-state index contributed by atoms with van der Waals surface area (Å²) in [6.45, 7) is 8.66. The van der Waals surface area contributed by atoms with Gasteiger partial charge >= 0.3 is 0 Å². The third kappa shape index (κ3) is 4.96. The van der Waals surface area contributed by atoms with Crippen molar-refractivity contribution < 1.29 is 4.79 Å². The molecule has 1 aliphatic heterocycles. The quantitative estimate of drug-likeness (QED) is 0.627. The van der Waals surface area contributed by atoms with Crippen molar-refractivity contribution in [2.45, 2.75) is 33.6 Å². The molecule has 0 bridgehead atoms. The van der Waals surface area contributed by atoms with Gasteiger partial charge in [0, 0.05) is 38.4 Å². The Hall–Kier alpha value is -3.14. The van der Waals surface area contributed by atoms with Crippen molar-refractivity contribution in [1.82, 2.24) is 29.4 Å². The first-order chi connectivity index (χ1) is 15.0. The number of pyridine rings is 1. The predicted octanol–water partition coefficient (Wildman–Crippen LogP) is 3.00. The Morgan fingerprint density at radius 3 is 2.68 bits per heavy atom. The van der Waals surface area contributed by atoms with E-state index in [9.17, 15) is 4.79 Å². The summed E-state index contributed by atoms with van der Waals surface area (Å²) >= 11 is 1.19. The number of nitrogens with zero attached hydrogens (tertiary/aromatic N) is 7. The Labute approximate surface area is 185 Å². The summed E-state index contributed by atoms with van der Waals surface area (Å²) < 4.78 is 3.98. The standard InChI is InChI=1S/C21H26N8OS/c1-4-5-16-20(31-27-26-16)21(30)29-10-8-28(9-11-29)19-13-18(23-15(3)24-19)25-17-12-14(2)6-7-22-17/h6-7,12-13H,4-5,8-11H2,1-3H3,(H,22,23,24,25). The number of hydrogen-bond acceptors (Lipinski definition) is 9. The van der Waals surface area contributed by atoms with Crippen molar-refractivity contribution in [3.05, 3.63) is 46.4 Å². The molecule has 1 saturated heterocycles. The Bertz CT molecular complexity index is 1060. The summed E-state index contributed by atoms with van der Waals surface area (Å²) in [6.07, 6.45) is 3.50. The van der Waals surface area contributed by atoms with E-state index in [-0.39, 0.29) is 5.91 Å². The normalized spacial score (nSPS) is 14.0. The molecule has 3 aromatic heterocycles. The molecular formula is C21H26N8OS. The molecule has 0 unspecified atom stereocenters. The second-order valence-corrected chi connectivity index (χ2v) is 8.33. The lowest BCUT2D eigenvalue weighted by Crippen LogP contribution is -2.49. The minimum Gasteiger partial charge on any atom is -0.353 e. The molecule has 0 saturated carbocycles. The third-order valence-electron chi connectivity index (χ3n) is 5.12. The second kappa shape index (κ2) is 9.34. The first kappa shape index (κ1) is 21.1. The average Bonchev–Trinajstić information content (AvgIpc) is 3.21. The van der Waals surface area contributed by atoms with E-state index in [4.69, 9.17) is 0 Å². The van der Waals surface area contributed by atoms with Crippen LogP contribution in [-0.4, -0.2) is 61.5 Å². The number of carbonyl (C=O) groups excluding carboxylic acids is 1. The van der Waals surface area contributed by atoms with Crippen LogP contribution in [0.25, 0.3) is 0 Å². The second-order valence-electron chi connectivity index (χ2n) is 7.58. The van der Waals surface area contributed by atoms with Crippen molar-refractivity contribution >= 4 is 34.9 Å². The monoisotopic (exact) mass is 438 g/mol. The van der Waals surface area contributed by atoms with Crippen LogP contribution in [0.2, 0.25) is 0 Å². The molecule has 0 aliphatic carbocycles. The van der Waals surface area contributed by atoms with Crippen LogP contribution in [0.15, 0.2) is 24.4 Å². The predicted molar refractivity (Wildman–Crippen MR) is 121 cm³/mol. The zero-order valence-electron chi connectivity index (χ0n) is 18.0. The summed E-state index contributed by atoms with van der Waals surface area (Å²) in [6, 6.07) is 5.86. The van der Waals surface area contributed by atoms with Gasteiger partial charge in [-0.15, -0.1) is 5.10 Å². The maximum Gasteiger partial charge on any atom is 0.267 e. The number of aromatic nitrogens is 5. The van der Waals surface area contributed by atoms with Crippen molar-refractivity contribution in [2.24, 2.45) is 0 Å². The molecule has 1 fully saturated rings. The number of nitrogens with one attached hydrogen (secondary N) is 1. The highest BCUT2D eigenvalue weighted by Gasteiger charge is 2.26. The molecule has 4 heterocycles. The number of anilines is 3. The van der Waals surface area contributed by atoms with Crippen molar-refractivity contribution in [1.29, 1.82) is 0 Å². The fraction of sp³-hybridized carbons (Fsp3) is 0.429.